The number of carbonyl (C=O) groups excluding carboxylic acids is 3. The lowest BCUT2D eigenvalue weighted by Crippen LogP contribution is -2.44. The predicted octanol–water partition coefficient (Wildman–Crippen LogP) is 2.65. The molecular weight excluding hydrogens is 478 g/mol. The van der Waals surface area contributed by atoms with Crippen molar-refractivity contribution in [3.8, 4) is 11.4 Å². The van der Waals surface area contributed by atoms with Crippen LogP contribution in [0.2, 0.25) is 0 Å². The molecule has 5 rings (SSSR count). The highest BCUT2D eigenvalue weighted by atomic mass is 32.2. The van der Waals surface area contributed by atoms with Crippen LogP contribution in [0.4, 0.5) is 5.69 Å². The molecule has 0 radical (unpaired) electrons. The van der Waals surface area contributed by atoms with Gasteiger partial charge in [0.1, 0.15) is 0 Å². The molecule has 180 valence electrons. The molecule has 3 amide bonds. The maximum absolute atomic E-state index is 12.4. The van der Waals surface area contributed by atoms with Gasteiger partial charge in [0.25, 0.3) is 5.91 Å². The Morgan fingerprint density at radius 3 is 2.50 bits per heavy atom. The first-order chi connectivity index (χ1) is 17.5. The topological polar surface area (TPSA) is 131 Å². The molecule has 0 aliphatic carbocycles. The van der Waals surface area contributed by atoms with Crippen LogP contribution in [0.1, 0.15) is 22.3 Å². The molecule has 0 bridgehead atoms. The van der Waals surface area contributed by atoms with Gasteiger partial charge in [0, 0.05) is 22.4 Å². The first-order valence-electron chi connectivity index (χ1n) is 11.1. The summed E-state index contributed by atoms with van der Waals surface area (Å²) >= 11 is 1.32. The van der Waals surface area contributed by atoms with Crippen molar-refractivity contribution in [1.82, 2.24) is 31.1 Å². The molecule has 0 fully saturated rings. The third kappa shape index (κ3) is 5.41. The molecule has 1 aliphatic rings. The minimum Gasteiger partial charge on any atom is -0.324 e. The summed E-state index contributed by atoms with van der Waals surface area (Å²) < 4.78 is 0. The van der Waals surface area contributed by atoms with Crippen LogP contribution in [0.15, 0.2) is 83.8 Å². The van der Waals surface area contributed by atoms with Gasteiger partial charge in [-0.15, -0.1) is 22.0 Å². The molecule has 0 saturated heterocycles. The van der Waals surface area contributed by atoms with Crippen LogP contribution in [0.25, 0.3) is 11.4 Å². The lowest BCUT2D eigenvalue weighted by Gasteiger charge is -2.23. The number of fused-ring (bicyclic) bond motifs is 1. The van der Waals surface area contributed by atoms with Crippen LogP contribution >= 0.6 is 11.8 Å². The zero-order valence-electron chi connectivity index (χ0n) is 18.9. The summed E-state index contributed by atoms with van der Waals surface area (Å²) in [6.45, 7) is 0.392. The maximum atomic E-state index is 12.4. The molecule has 3 aromatic carbocycles. The Morgan fingerprint density at radius 1 is 0.944 bits per heavy atom. The number of hydrogen-bond acceptors (Lipinski definition) is 7. The van der Waals surface area contributed by atoms with Gasteiger partial charge in [-0.2, -0.15) is 4.80 Å². The fraction of sp³-hybridized carbons (Fsp3) is 0.120. The summed E-state index contributed by atoms with van der Waals surface area (Å²) in [6.07, 6.45) is -0.0695. The summed E-state index contributed by atoms with van der Waals surface area (Å²) in [5.74, 6) is -0.631. The van der Waals surface area contributed by atoms with Crippen LogP contribution in [0, 0.1) is 0 Å². The minimum absolute atomic E-state index is 0.0695. The van der Waals surface area contributed by atoms with E-state index in [1.165, 1.54) is 16.6 Å². The number of aromatic nitrogens is 4. The van der Waals surface area contributed by atoms with Crippen molar-refractivity contribution in [2.24, 2.45) is 0 Å². The summed E-state index contributed by atoms with van der Waals surface area (Å²) in [5.41, 5.74) is 7.64. The number of hydrazine groups is 1. The van der Waals surface area contributed by atoms with Gasteiger partial charge < -0.3 is 5.32 Å². The van der Waals surface area contributed by atoms with E-state index < -0.39 is 17.1 Å². The summed E-state index contributed by atoms with van der Waals surface area (Å²) in [6, 6.07) is 23.8. The Labute approximate surface area is 210 Å². The molecule has 1 aliphatic heterocycles. The molecule has 1 unspecified atom stereocenters. The van der Waals surface area contributed by atoms with E-state index in [1.807, 2.05) is 54.6 Å². The van der Waals surface area contributed by atoms with Gasteiger partial charge in [-0.05, 0) is 35.0 Å². The lowest BCUT2D eigenvalue weighted by atomic mass is 10.1. The Hall–Kier alpha value is -4.51. The number of anilines is 1. The first-order valence-corrected chi connectivity index (χ1v) is 12.0. The van der Waals surface area contributed by atoms with Crippen LogP contribution in [0.3, 0.4) is 0 Å². The first kappa shape index (κ1) is 23.2. The molecule has 1 aromatic heterocycles. The van der Waals surface area contributed by atoms with Gasteiger partial charge in [0.15, 0.2) is 0 Å². The quantitative estimate of drug-likeness (QED) is 0.348. The number of hydrogen-bond donors (Lipinski definition) is 3. The molecule has 4 aromatic rings. The van der Waals surface area contributed by atoms with E-state index in [1.54, 1.807) is 24.3 Å². The van der Waals surface area contributed by atoms with Crippen molar-refractivity contribution in [3.05, 3.63) is 90.0 Å². The van der Waals surface area contributed by atoms with Gasteiger partial charge >= 0.3 is 0 Å². The van der Waals surface area contributed by atoms with E-state index in [4.69, 9.17) is 0 Å². The maximum Gasteiger partial charge on any atom is 0.269 e. The van der Waals surface area contributed by atoms with Gasteiger partial charge in [-0.1, -0.05) is 54.6 Å². The zero-order valence-corrected chi connectivity index (χ0v) is 19.7. The van der Waals surface area contributed by atoms with Gasteiger partial charge in [-0.25, -0.2) is 0 Å². The molecule has 0 spiro atoms. The van der Waals surface area contributed by atoms with E-state index in [0.29, 0.717) is 17.9 Å². The number of thioether (sulfide) groups is 1. The van der Waals surface area contributed by atoms with Crippen molar-refractivity contribution < 1.29 is 14.4 Å². The average molecular weight is 500 g/mol. The van der Waals surface area contributed by atoms with E-state index >= 15 is 0 Å². The van der Waals surface area contributed by atoms with Crippen molar-refractivity contribution in [1.29, 1.82) is 0 Å². The van der Waals surface area contributed by atoms with E-state index in [9.17, 15) is 14.4 Å². The normalized spacial score (nSPS) is 14.4. The van der Waals surface area contributed by atoms with E-state index in [2.05, 4.69) is 31.6 Å². The minimum atomic E-state index is -0.580. The number of benzene rings is 3. The second kappa shape index (κ2) is 10.4. The van der Waals surface area contributed by atoms with Crippen molar-refractivity contribution in [2.75, 3.05) is 5.32 Å². The molecule has 36 heavy (non-hydrogen) atoms. The highest BCUT2D eigenvalue weighted by Gasteiger charge is 2.28. The lowest BCUT2D eigenvalue weighted by molar-refractivity contribution is -0.124. The van der Waals surface area contributed by atoms with Crippen molar-refractivity contribution >= 4 is 35.2 Å². The molecule has 2 heterocycles. The molecule has 0 saturated carbocycles. The average Bonchev–Trinajstić information content (AvgIpc) is 3.37. The Balaban J connectivity index is 1.12. The molecular formula is C25H21N7O3S. The smallest absolute Gasteiger partial charge is 0.269 e. The third-order valence-electron chi connectivity index (χ3n) is 5.42. The summed E-state index contributed by atoms with van der Waals surface area (Å²) in [7, 11) is 0. The number of nitrogens with zero attached hydrogens (tertiary/aromatic N) is 4. The highest BCUT2D eigenvalue weighted by molar-refractivity contribution is 8.01. The number of nitrogens with one attached hydrogen (secondary N) is 3. The largest absolute Gasteiger partial charge is 0.324 e. The van der Waals surface area contributed by atoms with Crippen LogP contribution < -0.4 is 16.2 Å². The van der Waals surface area contributed by atoms with Crippen molar-refractivity contribution in [2.45, 2.75) is 23.1 Å². The van der Waals surface area contributed by atoms with E-state index in [0.717, 1.165) is 21.7 Å². The molecule has 10 nitrogen and oxygen atoms in total. The number of carbonyl (C=O) groups is 3. The number of tetrazole rings is 1. The SMILES string of the molecule is O=C(CC1Sc2ccccc2NC1=O)NNC(=O)c1ccc(Cn2nnc(-c3ccccc3)n2)cc1. The second-order valence-corrected chi connectivity index (χ2v) is 9.25. The second-order valence-electron chi connectivity index (χ2n) is 8.00. The van der Waals surface area contributed by atoms with Gasteiger partial charge in [0.05, 0.1) is 17.5 Å². The summed E-state index contributed by atoms with van der Waals surface area (Å²) in [4.78, 5) is 39.4. The van der Waals surface area contributed by atoms with Gasteiger partial charge in [0.2, 0.25) is 17.6 Å². The van der Waals surface area contributed by atoms with Crippen molar-refractivity contribution in [3.63, 3.8) is 0 Å². The molecule has 11 heteroatoms. The number of rotatable bonds is 6. The number of para-hydroxylation sites is 1. The van der Waals surface area contributed by atoms with E-state index in [-0.39, 0.29) is 12.3 Å². The fourth-order valence-corrected chi connectivity index (χ4v) is 4.69. The monoisotopic (exact) mass is 499 g/mol. The molecule has 3 N–H and O–H groups in total. The fourth-order valence-electron chi connectivity index (χ4n) is 3.58. The van der Waals surface area contributed by atoms with Crippen LogP contribution in [0.5, 0.6) is 0 Å². The Kier molecular flexibility index (Phi) is 6.72. The summed E-state index contributed by atoms with van der Waals surface area (Å²) in [5, 5.41) is 14.8. The molecule has 1 atom stereocenters. The highest BCUT2D eigenvalue weighted by Crippen LogP contribution is 2.36. The van der Waals surface area contributed by atoms with Gasteiger partial charge in [-0.3, -0.25) is 25.2 Å². The Morgan fingerprint density at radius 2 is 1.69 bits per heavy atom. The van der Waals surface area contributed by atoms with Crippen LogP contribution in [-0.4, -0.2) is 43.2 Å². The standard InChI is InChI=1S/C25H21N7O3S/c33-22(14-21-25(35)26-19-8-4-5-9-20(19)36-21)27-29-24(34)18-12-10-16(11-13-18)15-32-30-23(28-31-32)17-6-2-1-3-7-17/h1-13,21H,14-15H2,(H,26,35)(H,27,33)(H,29,34). The Bertz CT molecular complexity index is 1410. The number of amides is 3. The van der Waals surface area contributed by atoms with Crippen LogP contribution in [-0.2, 0) is 16.1 Å². The zero-order chi connectivity index (χ0) is 24.9. The predicted molar refractivity (Wildman–Crippen MR) is 134 cm³/mol. The third-order valence-corrected chi connectivity index (χ3v) is 6.69.